The van der Waals surface area contributed by atoms with Crippen molar-refractivity contribution in [3.63, 3.8) is 0 Å². The third-order valence-electron chi connectivity index (χ3n) is 6.20. The highest BCUT2D eigenvalue weighted by atomic mass is 35.5. The molecule has 0 atom stereocenters. The minimum atomic E-state index is -4.50. The van der Waals surface area contributed by atoms with Crippen molar-refractivity contribution >= 4 is 36.4 Å². The van der Waals surface area contributed by atoms with E-state index in [1.807, 2.05) is 18.2 Å². The minimum Gasteiger partial charge on any atom is -0.330 e. The van der Waals surface area contributed by atoms with Crippen molar-refractivity contribution in [2.75, 3.05) is 13.1 Å². The molecule has 30 heavy (non-hydrogen) atoms. The molecule has 1 aromatic carbocycles. The normalized spacial score (nSPS) is 24.5. The number of nitrogens with zero attached hydrogens (tertiary/aromatic N) is 4. The van der Waals surface area contributed by atoms with Crippen LogP contribution >= 0.6 is 36.4 Å². The van der Waals surface area contributed by atoms with Crippen molar-refractivity contribution in [2.24, 2.45) is 5.73 Å². The summed E-state index contributed by atoms with van der Waals surface area (Å²) in [6.45, 7) is 2.08. The molecule has 1 saturated carbocycles. The van der Waals surface area contributed by atoms with Crippen molar-refractivity contribution in [2.45, 2.75) is 56.4 Å². The van der Waals surface area contributed by atoms with E-state index < -0.39 is 12.0 Å². The van der Waals surface area contributed by atoms with E-state index in [2.05, 4.69) is 21.0 Å². The summed E-state index contributed by atoms with van der Waals surface area (Å²) in [6, 6.07) is 8.22. The molecule has 1 aromatic heterocycles. The number of aromatic nitrogens is 3. The molecule has 2 heterocycles. The summed E-state index contributed by atoms with van der Waals surface area (Å²) in [4.78, 5) is 5.96. The van der Waals surface area contributed by atoms with Gasteiger partial charge in [0.1, 0.15) is 5.82 Å². The van der Waals surface area contributed by atoms with Crippen LogP contribution in [0.1, 0.15) is 42.9 Å². The van der Waals surface area contributed by atoms with E-state index in [-0.39, 0.29) is 30.2 Å². The average molecular weight is 487 g/mol. The predicted molar refractivity (Wildman–Crippen MR) is 114 cm³/mol. The van der Waals surface area contributed by atoms with Gasteiger partial charge in [-0.15, -0.1) is 29.9 Å². The second-order valence-electron chi connectivity index (χ2n) is 7.77. The lowest BCUT2D eigenvalue weighted by Gasteiger charge is -2.44. The monoisotopic (exact) mass is 485 g/mol. The summed E-state index contributed by atoms with van der Waals surface area (Å²) >= 11 is 6.17. The number of hydrogen-bond donors (Lipinski definition) is 1. The highest BCUT2D eigenvalue weighted by Gasteiger charge is 2.40. The van der Waals surface area contributed by atoms with E-state index in [1.54, 1.807) is 0 Å². The fourth-order valence-electron chi connectivity index (χ4n) is 4.54. The van der Waals surface area contributed by atoms with Crippen LogP contribution < -0.4 is 5.73 Å². The van der Waals surface area contributed by atoms with Crippen LogP contribution in [0.25, 0.3) is 0 Å². The number of nitrogens with two attached hydrogens (primary N) is 1. The van der Waals surface area contributed by atoms with E-state index in [0.717, 1.165) is 25.7 Å². The number of fused-ring (bicyclic) bond motifs is 1. The zero-order valence-corrected chi connectivity index (χ0v) is 18.6. The first-order valence-electron chi connectivity index (χ1n) is 9.52. The first kappa shape index (κ1) is 25.2. The van der Waals surface area contributed by atoms with Crippen LogP contribution in [0.3, 0.4) is 0 Å². The lowest BCUT2D eigenvalue weighted by Crippen LogP contribution is -2.47. The Labute approximate surface area is 191 Å². The lowest BCUT2D eigenvalue weighted by atomic mass is 9.68. The summed E-state index contributed by atoms with van der Waals surface area (Å²) in [5, 5.41) is 4.32. The molecule has 0 unspecified atom stereocenters. The first-order valence-corrected chi connectivity index (χ1v) is 9.90. The second kappa shape index (κ2) is 9.61. The van der Waals surface area contributed by atoms with Crippen LogP contribution in [-0.4, -0.2) is 38.8 Å². The molecule has 0 spiro atoms. The van der Waals surface area contributed by atoms with Gasteiger partial charge in [0, 0.05) is 29.6 Å². The fourth-order valence-corrected chi connectivity index (χ4v) is 4.73. The highest BCUT2D eigenvalue weighted by Crippen LogP contribution is 2.41. The number of halogens is 6. The van der Waals surface area contributed by atoms with Gasteiger partial charge in [-0.05, 0) is 43.4 Å². The van der Waals surface area contributed by atoms with Crippen molar-refractivity contribution in [1.82, 2.24) is 19.7 Å². The Morgan fingerprint density at radius 1 is 1.17 bits per heavy atom. The van der Waals surface area contributed by atoms with Crippen LogP contribution in [0.5, 0.6) is 0 Å². The van der Waals surface area contributed by atoms with Crippen molar-refractivity contribution in [3.05, 3.63) is 46.5 Å². The molecule has 0 amide bonds. The molecule has 168 valence electrons. The van der Waals surface area contributed by atoms with Gasteiger partial charge in [0.25, 0.3) is 5.82 Å². The first-order chi connectivity index (χ1) is 13.3. The van der Waals surface area contributed by atoms with Crippen molar-refractivity contribution in [1.29, 1.82) is 0 Å². The van der Waals surface area contributed by atoms with Gasteiger partial charge in [-0.2, -0.15) is 13.2 Å². The van der Waals surface area contributed by atoms with E-state index >= 15 is 0 Å². The molecule has 0 bridgehead atoms. The molecule has 5 nitrogen and oxygen atoms in total. The maximum atomic E-state index is 12.9. The van der Waals surface area contributed by atoms with Gasteiger partial charge in [-0.25, -0.2) is 9.67 Å². The fraction of sp³-hybridized carbons (Fsp3) is 0.579. The van der Waals surface area contributed by atoms with Gasteiger partial charge in [0.15, 0.2) is 0 Å². The van der Waals surface area contributed by atoms with Gasteiger partial charge >= 0.3 is 6.18 Å². The van der Waals surface area contributed by atoms with E-state index in [9.17, 15) is 13.2 Å². The molecule has 1 aliphatic carbocycles. The van der Waals surface area contributed by atoms with E-state index in [0.29, 0.717) is 43.1 Å². The quantitative estimate of drug-likeness (QED) is 0.696. The molecule has 0 saturated heterocycles. The molecule has 11 heteroatoms. The zero-order valence-electron chi connectivity index (χ0n) is 16.2. The minimum absolute atomic E-state index is 0. The smallest absolute Gasteiger partial charge is 0.330 e. The summed E-state index contributed by atoms with van der Waals surface area (Å²) in [7, 11) is 0. The molecule has 1 aliphatic heterocycles. The number of benzene rings is 1. The van der Waals surface area contributed by atoms with Crippen LogP contribution in [0.2, 0.25) is 5.02 Å². The summed E-state index contributed by atoms with van der Waals surface area (Å²) in [5.41, 5.74) is 7.26. The number of hydrogen-bond acceptors (Lipinski definition) is 4. The Balaban J connectivity index is 0.00000160. The lowest BCUT2D eigenvalue weighted by molar-refractivity contribution is -0.145. The Morgan fingerprint density at radius 3 is 2.47 bits per heavy atom. The molecular formula is C19H25Cl3F3N5. The van der Waals surface area contributed by atoms with E-state index in [1.165, 1.54) is 10.2 Å². The summed E-state index contributed by atoms with van der Waals surface area (Å²) in [6.07, 6.45) is -0.733. The topological polar surface area (TPSA) is 60.0 Å². The summed E-state index contributed by atoms with van der Waals surface area (Å²) in [5.74, 6) is -0.653. The van der Waals surface area contributed by atoms with Gasteiger partial charge in [0.2, 0.25) is 0 Å². The maximum absolute atomic E-state index is 12.9. The van der Waals surface area contributed by atoms with E-state index in [4.69, 9.17) is 17.3 Å². The largest absolute Gasteiger partial charge is 0.453 e. The molecule has 2 N–H and O–H groups in total. The van der Waals surface area contributed by atoms with Gasteiger partial charge in [-0.1, -0.05) is 23.7 Å². The second-order valence-corrected chi connectivity index (χ2v) is 8.21. The summed E-state index contributed by atoms with van der Waals surface area (Å²) < 4.78 is 40.0. The number of rotatable bonds is 3. The Kier molecular flexibility index (Phi) is 8.07. The van der Waals surface area contributed by atoms with Crippen LogP contribution in [0.4, 0.5) is 13.2 Å². The third kappa shape index (κ3) is 4.88. The molecule has 2 aliphatic rings. The SMILES string of the molecule is Cl.Cl.NCC1(c2cccc(Cl)c2)CCC(N2CCn3nc(C(F)(F)F)nc3C2)CC1. The molecule has 0 radical (unpaired) electrons. The number of alkyl halides is 3. The van der Waals surface area contributed by atoms with Gasteiger partial charge in [-0.3, -0.25) is 4.90 Å². The van der Waals surface area contributed by atoms with Crippen LogP contribution in [0, 0.1) is 0 Å². The molecule has 1 fully saturated rings. The Morgan fingerprint density at radius 2 is 1.87 bits per heavy atom. The van der Waals surface area contributed by atoms with Crippen molar-refractivity contribution in [3.8, 4) is 0 Å². The highest BCUT2D eigenvalue weighted by molar-refractivity contribution is 6.30. The molecular weight excluding hydrogens is 462 g/mol. The van der Waals surface area contributed by atoms with Gasteiger partial charge in [0.05, 0.1) is 13.1 Å². The third-order valence-corrected chi connectivity index (χ3v) is 6.44. The van der Waals surface area contributed by atoms with Crippen LogP contribution in [-0.2, 0) is 24.7 Å². The predicted octanol–water partition coefficient (Wildman–Crippen LogP) is 4.45. The van der Waals surface area contributed by atoms with Crippen LogP contribution in [0.15, 0.2) is 24.3 Å². The average Bonchev–Trinajstić information content (AvgIpc) is 3.12. The molecule has 4 rings (SSSR count). The van der Waals surface area contributed by atoms with Crippen molar-refractivity contribution < 1.29 is 13.2 Å². The van der Waals surface area contributed by atoms with Gasteiger partial charge < -0.3 is 5.73 Å². The Bertz CT molecular complexity index is 850. The standard InChI is InChI=1S/C19H23ClF3N5.2ClH/c20-14-3-1-2-13(10-14)18(12-24)6-4-15(5-7-18)27-8-9-28-16(11-27)25-17(26-28)19(21,22)23;;/h1-3,10,15H,4-9,11-12,24H2;2*1H. The zero-order chi connectivity index (χ0) is 19.9. The molecule has 2 aromatic rings. The maximum Gasteiger partial charge on any atom is 0.453 e. The Hall–Kier alpha value is -1.06.